The Morgan fingerprint density at radius 2 is 1.37 bits per heavy atom. The molecule has 1 aliphatic carbocycles. The molecule has 0 aromatic carbocycles. The molecule has 0 N–H and O–H groups in total. The Balaban J connectivity index is 3.39. The maximum absolute atomic E-state index is 2.65. The zero-order chi connectivity index (χ0) is 14.6. The number of nitrogens with zero attached hydrogens (tertiary/aromatic N) is 3. The van der Waals surface area contributed by atoms with Gasteiger partial charge in [0.25, 0.3) is 0 Å². The van der Waals surface area contributed by atoms with Crippen LogP contribution in [0.15, 0.2) is 21.6 Å². The summed E-state index contributed by atoms with van der Waals surface area (Å²) in [5.74, 6) is 0. The van der Waals surface area contributed by atoms with Crippen molar-refractivity contribution < 1.29 is 17.4 Å². The van der Waals surface area contributed by atoms with Gasteiger partial charge in [0.1, 0.15) is 0 Å². The quantitative estimate of drug-likeness (QED) is 0.669. The van der Waals surface area contributed by atoms with Crippen LogP contribution in [0.1, 0.15) is 34.1 Å². The molecule has 0 aromatic heterocycles. The van der Waals surface area contributed by atoms with Crippen LogP contribution in [-0.4, -0.2) is 50.9 Å². The SMILES string of the molecule is CC[N](C)[Ti]([C]1=C(C)C=CC1)([N](C)CC)[N](C)CC. The van der Waals surface area contributed by atoms with Gasteiger partial charge in [0.15, 0.2) is 0 Å². The number of hydrogen-bond donors (Lipinski definition) is 0. The third kappa shape index (κ3) is 2.91. The van der Waals surface area contributed by atoms with Crippen molar-refractivity contribution in [3.05, 3.63) is 21.6 Å². The Labute approximate surface area is 124 Å². The third-order valence-electron chi connectivity index (χ3n) is 4.59. The summed E-state index contributed by atoms with van der Waals surface area (Å²) < 4.78 is 9.66. The van der Waals surface area contributed by atoms with Gasteiger partial charge < -0.3 is 0 Å². The molecule has 3 nitrogen and oxygen atoms in total. The second kappa shape index (κ2) is 7.19. The van der Waals surface area contributed by atoms with Gasteiger partial charge in [-0.25, -0.2) is 0 Å². The molecule has 19 heavy (non-hydrogen) atoms. The van der Waals surface area contributed by atoms with E-state index in [9.17, 15) is 0 Å². The fraction of sp³-hybridized carbons (Fsp3) is 0.733. The predicted molar refractivity (Wildman–Crippen MR) is 81.4 cm³/mol. The standard InChI is InChI=1S/C6H7.3C3H8N.Ti/c1-6-4-2-3-5-6;3*1-3-4-2;/h2,4H,3H2,1H3;3*3H2,1-2H3;/q;3*-1;+3. The minimum absolute atomic E-state index is 1.12. The summed E-state index contributed by atoms with van der Waals surface area (Å²) in [6.07, 6.45) is 5.79. The average Bonchev–Trinajstić information content (AvgIpc) is 2.85. The van der Waals surface area contributed by atoms with E-state index in [0.717, 1.165) is 26.1 Å². The predicted octanol–water partition coefficient (Wildman–Crippen LogP) is 2.97. The molecule has 0 aromatic rings. The first-order valence-corrected chi connectivity index (χ1v) is 10.3. The van der Waals surface area contributed by atoms with Gasteiger partial charge in [-0.2, -0.15) is 0 Å². The molecule has 0 unspecified atom stereocenters. The van der Waals surface area contributed by atoms with Crippen molar-refractivity contribution in [2.45, 2.75) is 34.1 Å². The van der Waals surface area contributed by atoms with Crippen molar-refractivity contribution in [1.29, 1.82) is 0 Å². The Hall–Kier alpha value is 0.0743. The van der Waals surface area contributed by atoms with Crippen molar-refractivity contribution in [3.8, 4) is 0 Å². The Morgan fingerprint density at radius 1 is 0.947 bits per heavy atom. The molecular weight excluding hydrogens is 270 g/mol. The summed E-state index contributed by atoms with van der Waals surface area (Å²) in [7, 11) is 6.95. The van der Waals surface area contributed by atoms with Gasteiger partial charge in [-0.3, -0.25) is 0 Å². The average molecular weight is 301 g/mol. The molecule has 1 rings (SSSR count). The fourth-order valence-corrected chi connectivity index (χ4v) is 11.8. The van der Waals surface area contributed by atoms with Crippen LogP contribution in [0.5, 0.6) is 0 Å². The number of rotatable bonds is 7. The number of hydrogen-bond acceptors (Lipinski definition) is 3. The normalized spacial score (nSPS) is 16.5. The first kappa shape index (κ1) is 17.1. The van der Waals surface area contributed by atoms with Gasteiger partial charge in [-0.1, -0.05) is 0 Å². The second-order valence-corrected chi connectivity index (χ2v) is 11.9. The molecule has 1 aliphatic rings. The Kier molecular flexibility index (Phi) is 6.48. The maximum atomic E-state index is 2.65. The molecule has 0 atom stereocenters. The van der Waals surface area contributed by atoms with Gasteiger partial charge in [-0.05, 0) is 0 Å². The van der Waals surface area contributed by atoms with Crippen molar-refractivity contribution in [2.75, 3.05) is 40.8 Å². The summed E-state index contributed by atoms with van der Waals surface area (Å²) in [5, 5.41) is 0. The molecule has 0 saturated heterocycles. The van der Waals surface area contributed by atoms with Crippen LogP contribution in [0.2, 0.25) is 0 Å². The summed E-state index contributed by atoms with van der Waals surface area (Å²) in [6.45, 7) is 12.5. The van der Waals surface area contributed by atoms with E-state index in [2.05, 4.69) is 71.1 Å². The third-order valence-corrected chi connectivity index (χ3v) is 13.3. The van der Waals surface area contributed by atoms with Crippen LogP contribution in [-0.2, 0) is 17.4 Å². The van der Waals surface area contributed by atoms with E-state index in [4.69, 9.17) is 0 Å². The van der Waals surface area contributed by atoms with Crippen molar-refractivity contribution >= 4 is 0 Å². The monoisotopic (exact) mass is 301 g/mol. The molecule has 4 heteroatoms. The summed E-state index contributed by atoms with van der Waals surface area (Å²) in [6, 6.07) is 0. The zero-order valence-electron chi connectivity index (χ0n) is 13.8. The zero-order valence-corrected chi connectivity index (χ0v) is 15.4. The van der Waals surface area contributed by atoms with Crippen LogP contribution < -0.4 is 0 Å². The second-order valence-electron chi connectivity index (χ2n) is 5.45. The first-order chi connectivity index (χ1) is 8.96. The van der Waals surface area contributed by atoms with Crippen molar-refractivity contribution in [3.63, 3.8) is 0 Å². The van der Waals surface area contributed by atoms with E-state index in [1.54, 1.807) is 3.88 Å². The van der Waals surface area contributed by atoms with Gasteiger partial charge in [0.05, 0.1) is 0 Å². The van der Waals surface area contributed by atoms with E-state index in [-0.39, 0.29) is 0 Å². The van der Waals surface area contributed by atoms with E-state index in [0.29, 0.717) is 0 Å². The fourth-order valence-electron chi connectivity index (χ4n) is 3.24. The molecule has 0 amide bonds. The topological polar surface area (TPSA) is 9.72 Å². The van der Waals surface area contributed by atoms with Crippen LogP contribution in [0, 0.1) is 0 Å². The van der Waals surface area contributed by atoms with E-state index in [1.807, 2.05) is 0 Å². The van der Waals surface area contributed by atoms with Crippen LogP contribution in [0.4, 0.5) is 0 Å². The van der Waals surface area contributed by atoms with E-state index < -0.39 is 17.4 Å². The van der Waals surface area contributed by atoms with Crippen molar-refractivity contribution in [1.82, 2.24) is 10.1 Å². The van der Waals surface area contributed by atoms with Crippen LogP contribution >= 0.6 is 0 Å². The van der Waals surface area contributed by atoms with Gasteiger partial charge in [0.2, 0.25) is 0 Å². The van der Waals surface area contributed by atoms with E-state index in [1.165, 1.54) is 5.57 Å². The Bertz CT molecular complexity index is 336. The molecule has 0 aliphatic heterocycles. The molecule has 0 bridgehead atoms. The molecular formula is C15H31N3Ti. The Morgan fingerprint density at radius 3 is 1.63 bits per heavy atom. The number of allylic oxidation sites excluding steroid dienone is 4. The van der Waals surface area contributed by atoms with Crippen molar-refractivity contribution in [2.24, 2.45) is 0 Å². The van der Waals surface area contributed by atoms with Gasteiger partial charge in [-0.15, -0.1) is 0 Å². The molecule has 110 valence electrons. The summed E-state index contributed by atoms with van der Waals surface area (Å²) >= 11 is -2.55. The van der Waals surface area contributed by atoms with E-state index >= 15 is 0 Å². The molecule has 0 fully saturated rings. The minimum atomic E-state index is -2.55. The van der Waals surface area contributed by atoms with Crippen LogP contribution in [0.25, 0.3) is 0 Å². The molecule has 0 saturated carbocycles. The molecule has 0 spiro atoms. The first-order valence-electron chi connectivity index (χ1n) is 7.47. The summed E-state index contributed by atoms with van der Waals surface area (Å²) in [4.78, 5) is 0. The molecule has 0 heterocycles. The van der Waals surface area contributed by atoms with Gasteiger partial charge in [0, 0.05) is 0 Å². The summed E-state index contributed by atoms with van der Waals surface area (Å²) in [5.41, 5.74) is 1.50. The molecule has 0 radical (unpaired) electrons. The van der Waals surface area contributed by atoms with Crippen LogP contribution in [0.3, 0.4) is 0 Å². The van der Waals surface area contributed by atoms with Gasteiger partial charge >= 0.3 is 124 Å².